The first-order valence-corrected chi connectivity index (χ1v) is 9.19. The van der Waals surface area contributed by atoms with Crippen molar-refractivity contribution in [2.24, 2.45) is 0 Å². The van der Waals surface area contributed by atoms with Crippen molar-refractivity contribution >= 4 is 39.4 Å². The lowest BCUT2D eigenvalue weighted by atomic mass is 10.1. The largest absolute Gasteiger partial charge is 0.508 e. The molecule has 0 aliphatic rings. The monoisotopic (exact) mass is 358 g/mol. The van der Waals surface area contributed by atoms with Crippen LogP contribution in [0.4, 0.5) is 5.69 Å². The van der Waals surface area contributed by atoms with Gasteiger partial charge in [0.15, 0.2) is 0 Å². The van der Waals surface area contributed by atoms with Crippen molar-refractivity contribution in [3.8, 4) is 16.3 Å². The summed E-state index contributed by atoms with van der Waals surface area (Å²) >= 11 is 1.59. The molecule has 0 aliphatic carbocycles. The summed E-state index contributed by atoms with van der Waals surface area (Å²) in [6, 6.07) is 21.9. The Morgan fingerprint density at radius 1 is 0.885 bits per heavy atom. The first kappa shape index (κ1) is 16.4. The number of rotatable bonds is 4. The quantitative estimate of drug-likeness (QED) is 0.448. The third-order valence-corrected chi connectivity index (χ3v) is 5.26. The predicted octanol–water partition coefficient (Wildman–Crippen LogP) is 5.88. The van der Waals surface area contributed by atoms with Crippen molar-refractivity contribution in [1.82, 2.24) is 4.98 Å². The van der Waals surface area contributed by atoms with Gasteiger partial charge < -0.3 is 10.4 Å². The molecule has 3 aromatic carbocycles. The Labute approximate surface area is 156 Å². The van der Waals surface area contributed by atoms with Crippen LogP contribution in [0.1, 0.15) is 11.1 Å². The number of fused-ring (bicyclic) bond motifs is 1. The van der Waals surface area contributed by atoms with Crippen LogP contribution < -0.4 is 5.32 Å². The second-order valence-electron chi connectivity index (χ2n) is 6.00. The number of hydrogen-bond donors (Lipinski definition) is 2. The summed E-state index contributed by atoms with van der Waals surface area (Å²) in [5, 5.41) is 13.7. The molecule has 0 atom stereocenters. The topological polar surface area (TPSA) is 45.2 Å². The zero-order chi connectivity index (χ0) is 17.9. The minimum absolute atomic E-state index is 0.274. The van der Waals surface area contributed by atoms with Crippen molar-refractivity contribution in [1.29, 1.82) is 0 Å². The predicted molar refractivity (Wildman–Crippen MR) is 112 cm³/mol. The van der Waals surface area contributed by atoms with E-state index in [-0.39, 0.29) is 5.75 Å². The molecule has 1 aromatic heterocycles. The lowest BCUT2D eigenvalue weighted by Gasteiger charge is -2.00. The number of aromatic nitrogens is 1. The summed E-state index contributed by atoms with van der Waals surface area (Å²) in [7, 11) is 1.92. The molecular formula is C22H18N2OS. The van der Waals surface area contributed by atoms with E-state index in [1.807, 2.05) is 13.1 Å². The summed E-state index contributed by atoms with van der Waals surface area (Å²) < 4.78 is 0.994. The zero-order valence-electron chi connectivity index (χ0n) is 14.3. The molecule has 0 spiro atoms. The number of thiazole rings is 1. The number of nitrogens with one attached hydrogen (secondary N) is 1. The summed E-state index contributed by atoms with van der Waals surface area (Å²) in [5.41, 5.74) is 5.41. The molecule has 3 nitrogen and oxygen atoms in total. The SMILES string of the molecule is CNc1ccc(/C=C/c2ccc(-c3nc4ccc(O)cc4s3)cc2)cc1. The summed E-state index contributed by atoms with van der Waals surface area (Å²) in [6.07, 6.45) is 4.21. The van der Waals surface area contributed by atoms with Crippen LogP contribution in [0.15, 0.2) is 66.7 Å². The summed E-state index contributed by atoms with van der Waals surface area (Å²) in [4.78, 5) is 4.65. The molecule has 0 bridgehead atoms. The van der Waals surface area contributed by atoms with Gasteiger partial charge >= 0.3 is 0 Å². The van der Waals surface area contributed by atoms with E-state index >= 15 is 0 Å². The highest BCUT2D eigenvalue weighted by Gasteiger charge is 2.06. The molecule has 4 rings (SSSR count). The Kier molecular flexibility index (Phi) is 4.42. The highest BCUT2D eigenvalue weighted by atomic mass is 32.1. The smallest absolute Gasteiger partial charge is 0.124 e. The van der Waals surface area contributed by atoms with Gasteiger partial charge in [0.05, 0.1) is 10.2 Å². The maximum Gasteiger partial charge on any atom is 0.124 e. The van der Waals surface area contributed by atoms with Crippen LogP contribution >= 0.6 is 11.3 Å². The number of phenols is 1. The van der Waals surface area contributed by atoms with E-state index in [1.54, 1.807) is 23.5 Å². The maximum atomic E-state index is 9.60. The van der Waals surface area contributed by atoms with Gasteiger partial charge in [-0.05, 0) is 41.5 Å². The van der Waals surface area contributed by atoms with Gasteiger partial charge in [0.2, 0.25) is 0 Å². The Morgan fingerprint density at radius 2 is 1.54 bits per heavy atom. The minimum atomic E-state index is 0.274. The molecule has 26 heavy (non-hydrogen) atoms. The van der Waals surface area contributed by atoms with Gasteiger partial charge in [-0.3, -0.25) is 0 Å². The fourth-order valence-corrected chi connectivity index (χ4v) is 3.73. The lowest BCUT2D eigenvalue weighted by molar-refractivity contribution is 0.476. The number of aromatic hydroxyl groups is 1. The highest BCUT2D eigenvalue weighted by molar-refractivity contribution is 7.21. The van der Waals surface area contributed by atoms with Crippen molar-refractivity contribution in [2.45, 2.75) is 0 Å². The molecule has 4 aromatic rings. The fourth-order valence-electron chi connectivity index (χ4n) is 2.73. The minimum Gasteiger partial charge on any atom is -0.508 e. The average Bonchev–Trinajstić information content (AvgIpc) is 3.10. The van der Waals surface area contributed by atoms with E-state index in [0.717, 1.165) is 32.0 Å². The molecule has 4 heteroatoms. The van der Waals surface area contributed by atoms with Gasteiger partial charge in [0.25, 0.3) is 0 Å². The second kappa shape index (κ2) is 7.02. The van der Waals surface area contributed by atoms with Crippen molar-refractivity contribution < 1.29 is 5.11 Å². The normalized spacial score (nSPS) is 11.3. The maximum absolute atomic E-state index is 9.60. The van der Waals surface area contributed by atoms with E-state index in [0.29, 0.717) is 0 Å². The fraction of sp³-hybridized carbons (Fsp3) is 0.0455. The first-order chi connectivity index (χ1) is 12.7. The molecule has 0 radical (unpaired) electrons. The Morgan fingerprint density at radius 3 is 2.19 bits per heavy atom. The highest BCUT2D eigenvalue weighted by Crippen LogP contribution is 2.32. The van der Waals surface area contributed by atoms with E-state index < -0.39 is 0 Å². The third kappa shape index (κ3) is 3.46. The number of nitrogens with zero attached hydrogens (tertiary/aromatic N) is 1. The molecule has 0 aliphatic heterocycles. The van der Waals surface area contributed by atoms with Gasteiger partial charge in [-0.15, -0.1) is 11.3 Å². The molecule has 2 N–H and O–H groups in total. The summed E-state index contributed by atoms with van der Waals surface area (Å²) in [6.45, 7) is 0. The van der Waals surface area contributed by atoms with Gasteiger partial charge in [-0.1, -0.05) is 48.6 Å². The number of hydrogen-bond acceptors (Lipinski definition) is 4. The van der Waals surface area contributed by atoms with Crippen LogP contribution in [0.3, 0.4) is 0 Å². The van der Waals surface area contributed by atoms with Crippen LogP contribution in [0.25, 0.3) is 32.9 Å². The third-order valence-electron chi connectivity index (χ3n) is 4.20. The Hall–Kier alpha value is -3.11. The van der Waals surface area contributed by atoms with E-state index in [4.69, 9.17) is 0 Å². The Balaban J connectivity index is 1.54. The van der Waals surface area contributed by atoms with E-state index in [1.165, 1.54) is 5.56 Å². The van der Waals surface area contributed by atoms with Gasteiger partial charge in [0.1, 0.15) is 10.8 Å². The number of anilines is 1. The molecule has 0 fully saturated rings. The van der Waals surface area contributed by atoms with Crippen molar-refractivity contribution in [2.75, 3.05) is 12.4 Å². The van der Waals surface area contributed by atoms with Crippen LogP contribution in [-0.4, -0.2) is 17.1 Å². The zero-order valence-corrected chi connectivity index (χ0v) is 15.1. The van der Waals surface area contributed by atoms with Crippen LogP contribution in [0.2, 0.25) is 0 Å². The lowest BCUT2D eigenvalue weighted by Crippen LogP contribution is -1.86. The standard InChI is InChI=1S/C22H18N2OS/c1-23-18-10-6-16(7-11-18)3-2-15-4-8-17(9-5-15)22-24-20-13-12-19(25)14-21(20)26-22/h2-14,23,25H,1H3/b3-2+. The van der Waals surface area contributed by atoms with Gasteiger partial charge in [0, 0.05) is 18.3 Å². The number of benzene rings is 3. The average molecular weight is 358 g/mol. The molecular weight excluding hydrogens is 340 g/mol. The number of phenolic OH excluding ortho intramolecular Hbond substituents is 1. The van der Waals surface area contributed by atoms with Crippen LogP contribution in [-0.2, 0) is 0 Å². The molecule has 0 unspecified atom stereocenters. The van der Waals surface area contributed by atoms with Crippen LogP contribution in [0, 0.1) is 0 Å². The molecule has 0 saturated carbocycles. The van der Waals surface area contributed by atoms with Crippen molar-refractivity contribution in [3.05, 3.63) is 77.9 Å². The Bertz CT molecular complexity index is 1060. The molecule has 0 saturated heterocycles. The molecule has 1 heterocycles. The molecule has 0 amide bonds. The van der Waals surface area contributed by atoms with Gasteiger partial charge in [-0.25, -0.2) is 4.98 Å². The summed E-state index contributed by atoms with van der Waals surface area (Å²) in [5.74, 6) is 0.274. The molecule has 128 valence electrons. The van der Waals surface area contributed by atoms with Crippen molar-refractivity contribution in [3.63, 3.8) is 0 Å². The van der Waals surface area contributed by atoms with Gasteiger partial charge in [-0.2, -0.15) is 0 Å². The second-order valence-corrected chi connectivity index (χ2v) is 7.03. The first-order valence-electron chi connectivity index (χ1n) is 8.37. The van der Waals surface area contributed by atoms with E-state index in [2.05, 4.69) is 71.0 Å². The van der Waals surface area contributed by atoms with Crippen LogP contribution in [0.5, 0.6) is 5.75 Å². The van der Waals surface area contributed by atoms with E-state index in [9.17, 15) is 5.11 Å².